The maximum absolute atomic E-state index is 6.25. The predicted molar refractivity (Wildman–Crippen MR) is 63.2 cm³/mol. The molecule has 1 aromatic heterocycles. The number of nitrogens with zero attached hydrogens (tertiary/aromatic N) is 2. The summed E-state index contributed by atoms with van der Waals surface area (Å²) in [5.74, 6) is 1.13. The van der Waals surface area contributed by atoms with E-state index in [1.807, 2.05) is 20.8 Å². The third-order valence-corrected chi connectivity index (χ3v) is 3.04. The van der Waals surface area contributed by atoms with E-state index >= 15 is 0 Å². The summed E-state index contributed by atoms with van der Waals surface area (Å²) in [4.78, 5) is 4.34. The van der Waals surface area contributed by atoms with Crippen LogP contribution in [0.4, 0.5) is 0 Å². The van der Waals surface area contributed by atoms with Crippen molar-refractivity contribution in [2.75, 3.05) is 0 Å². The van der Waals surface area contributed by atoms with Gasteiger partial charge in [0.2, 0.25) is 0 Å². The molecule has 1 aliphatic carbocycles. The van der Waals surface area contributed by atoms with Gasteiger partial charge in [0.05, 0.1) is 11.1 Å². The maximum atomic E-state index is 6.25. The Balaban J connectivity index is 2.01. The summed E-state index contributed by atoms with van der Waals surface area (Å²) >= 11 is 0. The zero-order valence-electron chi connectivity index (χ0n) is 10.8. The average Bonchev–Trinajstić information content (AvgIpc) is 2.83. The van der Waals surface area contributed by atoms with E-state index in [1.165, 1.54) is 0 Å². The first kappa shape index (κ1) is 12.5. The Labute approximate surface area is 102 Å². The van der Waals surface area contributed by atoms with Gasteiger partial charge < -0.3 is 15.0 Å². The van der Waals surface area contributed by atoms with E-state index in [4.69, 9.17) is 15.0 Å². The molecule has 5 nitrogen and oxygen atoms in total. The molecule has 0 amide bonds. The third kappa shape index (κ3) is 3.04. The number of hydrogen-bond donors (Lipinski definition) is 1. The van der Waals surface area contributed by atoms with E-state index in [0.717, 1.165) is 25.7 Å². The number of nitrogens with two attached hydrogens (primary N) is 1. The second kappa shape index (κ2) is 4.38. The van der Waals surface area contributed by atoms with Crippen LogP contribution < -0.4 is 5.73 Å². The van der Waals surface area contributed by atoms with Gasteiger partial charge in [0.1, 0.15) is 6.61 Å². The smallest absolute Gasteiger partial charge is 0.252 e. The third-order valence-electron chi connectivity index (χ3n) is 3.04. The molecule has 0 radical (unpaired) electrons. The minimum atomic E-state index is -0.385. The Morgan fingerprint density at radius 3 is 2.59 bits per heavy atom. The molecular formula is C12H21N3O2. The minimum absolute atomic E-state index is 0.206. The van der Waals surface area contributed by atoms with E-state index in [0.29, 0.717) is 18.3 Å². The van der Waals surface area contributed by atoms with Gasteiger partial charge in [0.15, 0.2) is 5.82 Å². The largest absolute Gasteiger partial charge is 0.366 e. The van der Waals surface area contributed by atoms with E-state index in [9.17, 15) is 0 Å². The fourth-order valence-electron chi connectivity index (χ4n) is 2.02. The molecular weight excluding hydrogens is 218 g/mol. The summed E-state index contributed by atoms with van der Waals surface area (Å²) in [6.07, 6.45) is 4.15. The summed E-state index contributed by atoms with van der Waals surface area (Å²) in [7, 11) is 0. The van der Waals surface area contributed by atoms with Crippen molar-refractivity contribution < 1.29 is 9.26 Å². The topological polar surface area (TPSA) is 74.2 Å². The molecule has 0 spiro atoms. The molecule has 0 unspecified atom stereocenters. The highest BCUT2D eigenvalue weighted by atomic mass is 16.5. The monoisotopic (exact) mass is 239 g/mol. The number of hydrogen-bond acceptors (Lipinski definition) is 5. The number of aromatic nitrogens is 2. The van der Waals surface area contributed by atoms with Crippen molar-refractivity contribution in [2.45, 2.75) is 64.2 Å². The highest BCUT2D eigenvalue weighted by molar-refractivity contribution is 5.06. The SMILES string of the molecule is CC(C)(C)OCc1nc(C2(N)CCCC2)no1. The summed E-state index contributed by atoms with van der Waals surface area (Å²) in [6, 6.07) is 0. The van der Waals surface area contributed by atoms with Crippen molar-refractivity contribution >= 4 is 0 Å². The maximum Gasteiger partial charge on any atom is 0.252 e. The first-order chi connectivity index (χ1) is 7.89. The summed E-state index contributed by atoms with van der Waals surface area (Å²) in [5, 5.41) is 3.98. The molecule has 0 saturated heterocycles. The first-order valence-electron chi connectivity index (χ1n) is 6.15. The average molecular weight is 239 g/mol. The Kier molecular flexibility index (Phi) is 3.23. The molecule has 2 rings (SSSR count). The van der Waals surface area contributed by atoms with Crippen LogP contribution in [0.2, 0.25) is 0 Å². The van der Waals surface area contributed by atoms with Crippen molar-refractivity contribution in [1.82, 2.24) is 10.1 Å². The van der Waals surface area contributed by atoms with E-state index in [2.05, 4.69) is 10.1 Å². The molecule has 96 valence electrons. The van der Waals surface area contributed by atoms with Crippen molar-refractivity contribution in [2.24, 2.45) is 5.73 Å². The summed E-state index contributed by atoms with van der Waals surface area (Å²) < 4.78 is 10.8. The lowest BCUT2D eigenvalue weighted by Crippen LogP contribution is -2.34. The van der Waals surface area contributed by atoms with Gasteiger partial charge in [-0.15, -0.1) is 0 Å². The van der Waals surface area contributed by atoms with Crippen LogP contribution in [0.15, 0.2) is 4.52 Å². The quantitative estimate of drug-likeness (QED) is 0.874. The molecule has 0 bridgehead atoms. The molecule has 1 fully saturated rings. The summed E-state index contributed by atoms with van der Waals surface area (Å²) in [5.41, 5.74) is 5.66. The zero-order chi connectivity index (χ0) is 12.5. The molecule has 2 N–H and O–H groups in total. The molecule has 0 atom stereocenters. The first-order valence-corrected chi connectivity index (χ1v) is 6.15. The molecule has 0 aliphatic heterocycles. The molecule has 1 aliphatic rings. The van der Waals surface area contributed by atoms with Crippen LogP contribution in [0.25, 0.3) is 0 Å². The second-order valence-corrected chi connectivity index (χ2v) is 5.78. The van der Waals surface area contributed by atoms with Crippen molar-refractivity contribution in [3.63, 3.8) is 0 Å². The fraction of sp³-hybridized carbons (Fsp3) is 0.833. The Hall–Kier alpha value is -0.940. The standard InChI is InChI=1S/C12H21N3O2/c1-11(2,3)16-8-9-14-10(15-17-9)12(13)6-4-5-7-12/h4-8,13H2,1-3H3. The van der Waals surface area contributed by atoms with Crippen molar-refractivity contribution in [3.8, 4) is 0 Å². The molecule has 1 aromatic rings. The van der Waals surface area contributed by atoms with E-state index in [-0.39, 0.29) is 11.1 Å². The lowest BCUT2D eigenvalue weighted by atomic mass is 9.99. The van der Waals surface area contributed by atoms with Gasteiger partial charge in [-0.05, 0) is 33.6 Å². The highest BCUT2D eigenvalue weighted by Crippen LogP contribution is 2.34. The van der Waals surface area contributed by atoms with Crippen LogP contribution in [0.5, 0.6) is 0 Å². The van der Waals surface area contributed by atoms with Gasteiger partial charge in [-0.25, -0.2) is 0 Å². The lowest BCUT2D eigenvalue weighted by molar-refractivity contribution is -0.0260. The van der Waals surface area contributed by atoms with Crippen LogP contribution in [0.1, 0.15) is 58.2 Å². The predicted octanol–water partition coefficient (Wildman–Crippen LogP) is 2.11. The Bertz CT molecular complexity index is 375. The molecule has 5 heteroatoms. The Morgan fingerprint density at radius 1 is 1.35 bits per heavy atom. The van der Waals surface area contributed by atoms with Crippen LogP contribution in [-0.4, -0.2) is 15.7 Å². The molecule has 1 heterocycles. The molecule has 17 heavy (non-hydrogen) atoms. The summed E-state index contributed by atoms with van der Waals surface area (Å²) in [6.45, 7) is 6.32. The van der Waals surface area contributed by atoms with Crippen LogP contribution in [0, 0.1) is 0 Å². The number of rotatable bonds is 3. The van der Waals surface area contributed by atoms with Crippen LogP contribution >= 0.6 is 0 Å². The van der Waals surface area contributed by atoms with E-state index in [1.54, 1.807) is 0 Å². The van der Waals surface area contributed by atoms with Gasteiger partial charge in [-0.2, -0.15) is 4.98 Å². The minimum Gasteiger partial charge on any atom is -0.366 e. The van der Waals surface area contributed by atoms with Crippen molar-refractivity contribution in [1.29, 1.82) is 0 Å². The lowest BCUT2D eigenvalue weighted by Gasteiger charge is -2.18. The number of ether oxygens (including phenoxy) is 1. The van der Waals surface area contributed by atoms with Crippen LogP contribution in [-0.2, 0) is 16.9 Å². The fourth-order valence-corrected chi connectivity index (χ4v) is 2.02. The molecule has 0 aromatic carbocycles. The van der Waals surface area contributed by atoms with Gasteiger partial charge >= 0.3 is 0 Å². The normalized spacial score (nSPS) is 19.8. The van der Waals surface area contributed by atoms with Gasteiger partial charge in [0, 0.05) is 0 Å². The highest BCUT2D eigenvalue weighted by Gasteiger charge is 2.36. The van der Waals surface area contributed by atoms with Gasteiger partial charge in [0.25, 0.3) is 5.89 Å². The van der Waals surface area contributed by atoms with Crippen molar-refractivity contribution in [3.05, 3.63) is 11.7 Å². The van der Waals surface area contributed by atoms with Gasteiger partial charge in [-0.3, -0.25) is 0 Å². The van der Waals surface area contributed by atoms with Crippen LogP contribution in [0.3, 0.4) is 0 Å². The Morgan fingerprint density at radius 2 is 2.00 bits per heavy atom. The zero-order valence-corrected chi connectivity index (χ0v) is 10.8. The van der Waals surface area contributed by atoms with E-state index < -0.39 is 0 Å². The molecule has 1 saturated carbocycles. The second-order valence-electron chi connectivity index (χ2n) is 5.78. The van der Waals surface area contributed by atoms with Gasteiger partial charge in [-0.1, -0.05) is 18.0 Å².